The van der Waals surface area contributed by atoms with E-state index < -0.39 is 18.3 Å². The summed E-state index contributed by atoms with van der Waals surface area (Å²) in [6.07, 6.45) is 3.48. The number of amides is 1. The number of pyridine rings is 1. The third-order valence-corrected chi connectivity index (χ3v) is 4.24. The Kier molecular flexibility index (Phi) is 4.82. The number of nitrogen functional groups attached to an aromatic ring is 1. The first-order valence-corrected chi connectivity index (χ1v) is 7.63. The van der Waals surface area contributed by atoms with E-state index in [1.807, 2.05) is 33.8 Å². The minimum absolute atomic E-state index is 0.118. The zero-order valence-corrected chi connectivity index (χ0v) is 14.3. The third kappa shape index (κ3) is 4.12. The van der Waals surface area contributed by atoms with E-state index in [0.717, 1.165) is 5.47 Å². The largest absolute Gasteiger partial charge is 0.492 e. The first-order chi connectivity index (χ1) is 10.6. The summed E-state index contributed by atoms with van der Waals surface area (Å²) in [5.74, 6) is -0.118. The van der Waals surface area contributed by atoms with E-state index in [1.54, 1.807) is 18.3 Å². The lowest BCUT2D eigenvalue weighted by atomic mass is 9.77. The number of hydrogen-bond acceptors (Lipinski definition) is 5. The van der Waals surface area contributed by atoms with Gasteiger partial charge in [0.2, 0.25) is 5.91 Å². The number of nitrogens with two attached hydrogens (primary N) is 1. The Balaban J connectivity index is 2.30. The molecule has 0 spiro atoms. The van der Waals surface area contributed by atoms with E-state index >= 15 is 0 Å². The standard InChI is InChI=1S/C16H24BN3O3/c1-11(21)20-10-12(8-14-9-13(18)6-7-19-14)17-22-15(2,3)16(4,5)23-17/h6-9H,10H2,1-5H3,(H2,18,19)(H,20,21). The highest BCUT2D eigenvalue weighted by Crippen LogP contribution is 2.38. The quantitative estimate of drug-likeness (QED) is 0.827. The molecule has 1 aliphatic rings. The highest BCUT2D eigenvalue weighted by molar-refractivity contribution is 6.56. The van der Waals surface area contributed by atoms with Crippen LogP contribution in [0.25, 0.3) is 6.08 Å². The lowest BCUT2D eigenvalue weighted by Gasteiger charge is -2.32. The molecule has 3 N–H and O–H groups in total. The fourth-order valence-corrected chi connectivity index (χ4v) is 2.16. The van der Waals surface area contributed by atoms with E-state index in [9.17, 15) is 4.79 Å². The average molecular weight is 317 g/mol. The molecule has 0 unspecified atom stereocenters. The molecule has 0 radical (unpaired) electrons. The molecule has 2 heterocycles. The molecule has 0 atom stereocenters. The van der Waals surface area contributed by atoms with Crippen molar-refractivity contribution in [1.29, 1.82) is 0 Å². The molecule has 124 valence electrons. The van der Waals surface area contributed by atoms with Gasteiger partial charge in [-0.05, 0) is 51.4 Å². The van der Waals surface area contributed by atoms with Gasteiger partial charge in [-0.2, -0.15) is 0 Å². The van der Waals surface area contributed by atoms with E-state index in [-0.39, 0.29) is 5.91 Å². The van der Waals surface area contributed by atoms with Crippen molar-refractivity contribution < 1.29 is 14.1 Å². The van der Waals surface area contributed by atoms with Crippen LogP contribution in [0.3, 0.4) is 0 Å². The molecule has 23 heavy (non-hydrogen) atoms. The van der Waals surface area contributed by atoms with Gasteiger partial charge in [-0.3, -0.25) is 9.78 Å². The maximum Gasteiger partial charge on any atom is 0.492 e. The number of rotatable bonds is 4. The highest BCUT2D eigenvalue weighted by atomic mass is 16.7. The summed E-state index contributed by atoms with van der Waals surface area (Å²) < 4.78 is 12.1. The van der Waals surface area contributed by atoms with Crippen LogP contribution >= 0.6 is 0 Å². The van der Waals surface area contributed by atoms with Crippen LogP contribution in [0.5, 0.6) is 0 Å². The van der Waals surface area contributed by atoms with Crippen LogP contribution in [0, 0.1) is 0 Å². The first kappa shape index (κ1) is 17.5. The SMILES string of the molecule is CC(=O)NCC(=Cc1cc(N)ccn1)B1OC(C)(C)C(C)(C)O1. The van der Waals surface area contributed by atoms with Gasteiger partial charge in [0.15, 0.2) is 0 Å². The van der Waals surface area contributed by atoms with E-state index in [2.05, 4.69) is 10.3 Å². The predicted octanol–water partition coefficient (Wildman–Crippen LogP) is 1.81. The predicted molar refractivity (Wildman–Crippen MR) is 91.4 cm³/mol. The van der Waals surface area contributed by atoms with Gasteiger partial charge in [-0.15, -0.1) is 0 Å². The summed E-state index contributed by atoms with van der Waals surface area (Å²) in [7, 11) is -0.546. The molecule has 2 rings (SSSR count). The number of nitrogens with one attached hydrogen (secondary N) is 1. The van der Waals surface area contributed by atoms with Crippen molar-refractivity contribution in [3.8, 4) is 0 Å². The highest BCUT2D eigenvalue weighted by Gasteiger charge is 2.52. The van der Waals surface area contributed by atoms with Gasteiger partial charge in [0.1, 0.15) is 0 Å². The van der Waals surface area contributed by atoms with Crippen LogP contribution in [0.1, 0.15) is 40.3 Å². The Morgan fingerprint density at radius 2 is 1.96 bits per heavy atom. The molecule has 7 heteroatoms. The van der Waals surface area contributed by atoms with Gasteiger partial charge in [-0.25, -0.2) is 0 Å². The van der Waals surface area contributed by atoms with Crippen LogP contribution in [-0.2, 0) is 14.1 Å². The van der Waals surface area contributed by atoms with Crippen LogP contribution in [0.4, 0.5) is 5.69 Å². The maximum absolute atomic E-state index is 11.3. The Morgan fingerprint density at radius 3 is 2.48 bits per heavy atom. The third-order valence-electron chi connectivity index (χ3n) is 4.24. The molecule has 1 saturated heterocycles. The van der Waals surface area contributed by atoms with Gasteiger partial charge in [0, 0.05) is 25.4 Å². The van der Waals surface area contributed by atoms with E-state index in [0.29, 0.717) is 17.9 Å². The molecule has 0 saturated carbocycles. The zero-order chi connectivity index (χ0) is 17.3. The average Bonchev–Trinajstić information content (AvgIpc) is 2.63. The fraction of sp³-hybridized carbons (Fsp3) is 0.500. The van der Waals surface area contributed by atoms with Gasteiger partial charge < -0.3 is 20.4 Å². The Morgan fingerprint density at radius 1 is 1.35 bits per heavy atom. The molecule has 6 nitrogen and oxygen atoms in total. The molecule has 0 aromatic carbocycles. The van der Waals surface area contributed by atoms with Gasteiger partial charge in [0.05, 0.1) is 16.9 Å². The normalized spacial score (nSPS) is 19.7. The monoisotopic (exact) mass is 317 g/mol. The Hall–Kier alpha value is -1.86. The summed E-state index contributed by atoms with van der Waals surface area (Å²) in [4.78, 5) is 15.5. The molecule has 1 aromatic rings. The molecular formula is C16H24BN3O3. The molecule has 1 aliphatic heterocycles. The molecule has 0 bridgehead atoms. The number of anilines is 1. The van der Waals surface area contributed by atoms with Crippen molar-refractivity contribution in [2.75, 3.05) is 12.3 Å². The number of carbonyl (C=O) groups is 1. The van der Waals surface area contributed by atoms with Crippen molar-refractivity contribution in [2.24, 2.45) is 0 Å². The van der Waals surface area contributed by atoms with E-state index in [1.165, 1.54) is 6.92 Å². The summed E-state index contributed by atoms with van der Waals surface area (Å²) >= 11 is 0. The molecule has 1 amide bonds. The Bertz CT molecular complexity index is 613. The van der Waals surface area contributed by atoms with Crippen molar-refractivity contribution >= 4 is 24.8 Å². The second kappa shape index (κ2) is 6.33. The fourth-order valence-electron chi connectivity index (χ4n) is 2.16. The smallest absolute Gasteiger partial charge is 0.400 e. The molecule has 0 aliphatic carbocycles. The van der Waals surface area contributed by atoms with Gasteiger partial charge in [-0.1, -0.05) is 0 Å². The van der Waals surface area contributed by atoms with Gasteiger partial charge >= 0.3 is 7.12 Å². The second-order valence-corrected chi connectivity index (χ2v) is 6.73. The first-order valence-electron chi connectivity index (χ1n) is 7.63. The van der Waals surface area contributed by atoms with Gasteiger partial charge in [0.25, 0.3) is 0 Å². The van der Waals surface area contributed by atoms with Crippen molar-refractivity contribution in [1.82, 2.24) is 10.3 Å². The number of hydrogen-bond donors (Lipinski definition) is 2. The second-order valence-electron chi connectivity index (χ2n) is 6.73. The topological polar surface area (TPSA) is 86.5 Å². The summed E-state index contributed by atoms with van der Waals surface area (Å²) in [5.41, 5.74) is 7.01. The molecular weight excluding hydrogens is 293 g/mol. The number of aromatic nitrogens is 1. The minimum Gasteiger partial charge on any atom is -0.400 e. The van der Waals surface area contributed by atoms with Crippen molar-refractivity contribution in [3.05, 3.63) is 29.5 Å². The molecule has 1 aromatic heterocycles. The maximum atomic E-state index is 11.3. The molecule has 1 fully saturated rings. The summed E-state index contributed by atoms with van der Waals surface area (Å²) in [6.45, 7) is 9.75. The van der Waals surface area contributed by atoms with Crippen molar-refractivity contribution in [3.63, 3.8) is 0 Å². The summed E-state index contributed by atoms with van der Waals surface area (Å²) in [6, 6.07) is 3.48. The van der Waals surface area contributed by atoms with Crippen LogP contribution < -0.4 is 11.1 Å². The van der Waals surface area contributed by atoms with Crippen molar-refractivity contribution in [2.45, 2.75) is 45.8 Å². The lowest BCUT2D eigenvalue weighted by molar-refractivity contribution is -0.118. The van der Waals surface area contributed by atoms with E-state index in [4.69, 9.17) is 15.0 Å². The summed E-state index contributed by atoms with van der Waals surface area (Å²) in [5, 5.41) is 2.79. The van der Waals surface area contributed by atoms with Crippen LogP contribution in [0.2, 0.25) is 0 Å². The lowest BCUT2D eigenvalue weighted by Crippen LogP contribution is -2.41. The number of carbonyl (C=O) groups excluding carboxylic acids is 1. The zero-order valence-electron chi connectivity index (χ0n) is 14.3. The Labute approximate surface area is 137 Å². The van der Waals surface area contributed by atoms with Crippen LogP contribution in [0.15, 0.2) is 23.8 Å². The number of nitrogens with zero attached hydrogens (tertiary/aromatic N) is 1. The minimum atomic E-state index is -0.546. The van der Waals surface area contributed by atoms with Crippen LogP contribution in [-0.4, -0.2) is 35.8 Å².